The summed E-state index contributed by atoms with van der Waals surface area (Å²) in [4.78, 5) is 24.9. The maximum Gasteiger partial charge on any atom is 0.327 e. The molecule has 6 nitrogen and oxygen atoms in total. The summed E-state index contributed by atoms with van der Waals surface area (Å²) in [5.41, 5.74) is 1.85. The first-order valence-electron chi connectivity index (χ1n) is 6.60. The summed E-state index contributed by atoms with van der Waals surface area (Å²) in [6, 6.07) is -0.698. The molecular weight excluding hydrogens is 312 g/mol. The van der Waals surface area contributed by atoms with Crippen molar-refractivity contribution in [2.75, 3.05) is 23.8 Å². The van der Waals surface area contributed by atoms with Gasteiger partial charge in [-0.05, 0) is 13.8 Å². The number of hydrogen-bond acceptors (Lipinski definition) is 6. The number of carboxylic acid groups (broad SMARTS) is 1. The van der Waals surface area contributed by atoms with Crippen LogP contribution in [0.3, 0.4) is 0 Å². The quantitative estimate of drug-likeness (QED) is 0.877. The second-order valence-corrected chi connectivity index (χ2v) is 6.95. The van der Waals surface area contributed by atoms with Gasteiger partial charge in [-0.15, -0.1) is 11.8 Å². The molecule has 21 heavy (non-hydrogen) atoms. The molecule has 1 atom stereocenters. The highest BCUT2D eigenvalue weighted by molar-refractivity contribution is 7.99. The van der Waals surface area contributed by atoms with Crippen LogP contribution in [-0.4, -0.2) is 56.9 Å². The van der Waals surface area contributed by atoms with Gasteiger partial charge in [-0.25, -0.2) is 4.79 Å². The van der Waals surface area contributed by atoms with Gasteiger partial charge in [0.2, 0.25) is 5.91 Å². The highest BCUT2D eigenvalue weighted by Crippen LogP contribution is 2.22. The maximum atomic E-state index is 12.2. The molecule has 0 aliphatic carbocycles. The summed E-state index contributed by atoms with van der Waals surface area (Å²) in [6.45, 7) is 4.23. The number of carbonyl (C=O) groups is 2. The third kappa shape index (κ3) is 3.94. The van der Waals surface area contributed by atoms with Gasteiger partial charge in [-0.1, -0.05) is 5.16 Å². The van der Waals surface area contributed by atoms with E-state index in [0.717, 1.165) is 22.8 Å². The van der Waals surface area contributed by atoms with Crippen molar-refractivity contribution in [1.29, 1.82) is 0 Å². The maximum absolute atomic E-state index is 12.2. The van der Waals surface area contributed by atoms with E-state index >= 15 is 0 Å². The van der Waals surface area contributed by atoms with Crippen molar-refractivity contribution in [3.05, 3.63) is 17.0 Å². The molecule has 0 saturated carbocycles. The first-order valence-corrected chi connectivity index (χ1v) is 8.91. The number of aromatic nitrogens is 1. The molecule has 0 aromatic carbocycles. The fraction of sp³-hybridized carbons (Fsp3) is 0.615. The van der Waals surface area contributed by atoms with Crippen LogP contribution in [0.5, 0.6) is 0 Å². The van der Waals surface area contributed by atoms with Gasteiger partial charge in [0.1, 0.15) is 11.8 Å². The lowest BCUT2D eigenvalue weighted by atomic mass is 10.2. The van der Waals surface area contributed by atoms with E-state index < -0.39 is 12.0 Å². The van der Waals surface area contributed by atoms with Gasteiger partial charge >= 0.3 is 5.97 Å². The van der Waals surface area contributed by atoms with Crippen molar-refractivity contribution in [2.45, 2.75) is 25.6 Å². The monoisotopic (exact) mass is 330 g/mol. The van der Waals surface area contributed by atoms with Crippen molar-refractivity contribution >= 4 is 35.4 Å². The van der Waals surface area contributed by atoms with Gasteiger partial charge in [0.05, 0.1) is 11.4 Å². The molecule has 1 saturated heterocycles. The van der Waals surface area contributed by atoms with Crippen molar-refractivity contribution in [1.82, 2.24) is 10.1 Å². The Labute approximate surface area is 131 Å². The summed E-state index contributed by atoms with van der Waals surface area (Å²) in [5, 5.41) is 13.0. The number of hydrogen-bond donors (Lipinski definition) is 1. The van der Waals surface area contributed by atoms with E-state index in [-0.39, 0.29) is 11.7 Å². The Morgan fingerprint density at radius 3 is 2.90 bits per heavy atom. The SMILES string of the molecule is Cc1noc(C)c1CSCC(=O)N1CCSCC1C(=O)O. The first kappa shape index (κ1) is 16.2. The molecule has 1 aliphatic rings. The molecule has 116 valence electrons. The van der Waals surface area contributed by atoms with E-state index in [1.165, 1.54) is 16.7 Å². The normalized spacial score (nSPS) is 18.8. The van der Waals surface area contributed by atoms with Crippen LogP contribution < -0.4 is 0 Å². The van der Waals surface area contributed by atoms with Crippen LogP contribution in [0.25, 0.3) is 0 Å². The third-order valence-corrected chi connectivity index (χ3v) is 5.35. The molecule has 1 N–H and O–H groups in total. The topological polar surface area (TPSA) is 83.6 Å². The Kier molecular flexibility index (Phi) is 5.58. The Hall–Kier alpha value is -1.15. The number of carbonyl (C=O) groups excluding carboxylic acids is 1. The lowest BCUT2D eigenvalue weighted by molar-refractivity contribution is -0.148. The van der Waals surface area contributed by atoms with Gasteiger partial charge < -0.3 is 14.5 Å². The summed E-state index contributed by atoms with van der Waals surface area (Å²) in [6.07, 6.45) is 0. The molecule has 2 rings (SSSR count). The lowest BCUT2D eigenvalue weighted by Gasteiger charge is -2.32. The van der Waals surface area contributed by atoms with Gasteiger partial charge in [0, 0.05) is 29.4 Å². The molecule has 2 heterocycles. The van der Waals surface area contributed by atoms with Crippen molar-refractivity contribution in [2.24, 2.45) is 0 Å². The van der Waals surface area contributed by atoms with E-state index in [1.807, 2.05) is 13.8 Å². The van der Waals surface area contributed by atoms with Crippen LogP contribution in [0.15, 0.2) is 4.52 Å². The number of amides is 1. The Balaban J connectivity index is 1.87. The Morgan fingerprint density at radius 2 is 2.29 bits per heavy atom. The molecule has 0 spiro atoms. The molecule has 0 bridgehead atoms. The van der Waals surface area contributed by atoms with E-state index in [9.17, 15) is 14.7 Å². The number of rotatable bonds is 5. The minimum atomic E-state index is -0.925. The molecule has 1 aromatic rings. The van der Waals surface area contributed by atoms with Crippen LogP contribution in [0.1, 0.15) is 17.0 Å². The largest absolute Gasteiger partial charge is 0.480 e. The molecule has 1 unspecified atom stereocenters. The predicted molar refractivity (Wildman–Crippen MR) is 82.6 cm³/mol. The van der Waals surface area contributed by atoms with E-state index in [0.29, 0.717) is 18.1 Å². The zero-order valence-electron chi connectivity index (χ0n) is 12.0. The zero-order chi connectivity index (χ0) is 15.4. The second-order valence-electron chi connectivity index (χ2n) is 4.81. The fourth-order valence-corrected chi connectivity index (χ4v) is 4.24. The third-order valence-electron chi connectivity index (χ3n) is 3.39. The number of aliphatic carboxylic acids is 1. The molecule has 0 radical (unpaired) electrons. The molecule has 1 aliphatic heterocycles. The number of aryl methyl sites for hydroxylation is 2. The van der Waals surface area contributed by atoms with Crippen molar-refractivity contribution < 1.29 is 19.2 Å². The van der Waals surface area contributed by atoms with Crippen molar-refractivity contribution in [3.8, 4) is 0 Å². The second kappa shape index (κ2) is 7.22. The Morgan fingerprint density at radius 1 is 1.52 bits per heavy atom. The van der Waals surface area contributed by atoms with Crippen LogP contribution in [-0.2, 0) is 15.3 Å². The van der Waals surface area contributed by atoms with Crippen LogP contribution in [0, 0.1) is 13.8 Å². The van der Waals surface area contributed by atoms with Crippen LogP contribution in [0.4, 0.5) is 0 Å². The predicted octanol–water partition coefficient (Wildman–Crippen LogP) is 1.55. The lowest BCUT2D eigenvalue weighted by Crippen LogP contribution is -2.50. The van der Waals surface area contributed by atoms with Crippen LogP contribution >= 0.6 is 23.5 Å². The highest BCUT2D eigenvalue weighted by Gasteiger charge is 2.32. The van der Waals surface area contributed by atoms with Gasteiger partial charge in [-0.3, -0.25) is 4.79 Å². The van der Waals surface area contributed by atoms with E-state index in [2.05, 4.69) is 5.16 Å². The van der Waals surface area contributed by atoms with E-state index in [1.54, 1.807) is 11.8 Å². The highest BCUT2D eigenvalue weighted by atomic mass is 32.2. The minimum absolute atomic E-state index is 0.112. The number of thioether (sulfide) groups is 2. The molecule has 8 heteroatoms. The average molecular weight is 330 g/mol. The fourth-order valence-electron chi connectivity index (χ4n) is 2.14. The standard InChI is InChI=1S/C13H18N2O4S2/c1-8-10(9(2)19-14-8)5-21-7-12(16)15-3-4-20-6-11(15)13(17)18/h11H,3-7H2,1-2H3,(H,17,18). The van der Waals surface area contributed by atoms with Gasteiger partial charge in [0.25, 0.3) is 0 Å². The Bertz CT molecular complexity index is 513. The molecule has 1 aromatic heterocycles. The summed E-state index contributed by atoms with van der Waals surface area (Å²) >= 11 is 3.04. The van der Waals surface area contributed by atoms with Gasteiger partial charge in [-0.2, -0.15) is 11.8 Å². The number of carboxylic acids is 1. The summed E-state index contributed by atoms with van der Waals surface area (Å²) in [7, 11) is 0. The molecule has 1 amide bonds. The average Bonchev–Trinajstić information content (AvgIpc) is 2.78. The zero-order valence-corrected chi connectivity index (χ0v) is 13.6. The molecule has 1 fully saturated rings. The van der Waals surface area contributed by atoms with Crippen molar-refractivity contribution in [3.63, 3.8) is 0 Å². The number of nitrogens with zero attached hydrogens (tertiary/aromatic N) is 2. The minimum Gasteiger partial charge on any atom is -0.480 e. The summed E-state index contributed by atoms with van der Waals surface area (Å²) < 4.78 is 5.08. The van der Waals surface area contributed by atoms with Gasteiger partial charge in [0.15, 0.2) is 0 Å². The summed E-state index contributed by atoms with van der Waals surface area (Å²) in [5.74, 6) is 1.92. The smallest absolute Gasteiger partial charge is 0.327 e. The molecular formula is C13H18N2O4S2. The van der Waals surface area contributed by atoms with Crippen LogP contribution in [0.2, 0.25) is 0 Å². The first-order chi connectivity index (χ1) is 10.0. The van der Waals surface area contributed by atoms with E-state index in [4.69, 9.17) is 4.52 Å².